The molecule has 30 heavy (non-hydrogen) atoms. The number of non-ortho nitro benzene ring substituents is 1. The minimum absolute atomic E-state index is 0.0965. The van der Waals surface area contributed by atoms with Gasteiger partial charge in [-0.3, -0.25) is 19.7 Å². The van der Waals surface area contributed by atoms with E-state index in [0.717, 1.165) is 16.7 Å². The van der Waals surface area contributed by atoms with Crippen LogP contribution in [0.4, 0.5) is 11.4 Å². The van der Waals surface area contributed by atoms with Gasteiger partial charge in [0.2, 0.25) is 5.91 Å². The van der Waals surface area contributed by atoms with E-state index >= 15 is 0 Å². The highest BCUT2D eigenvalue weighted by Gasteiger charge is 2.34. The number of carbonyl (C=O) groups is 2. The topological polar surface area (TPSA) is 92.6 Å². The van der Waals surface area contributed by atoms with E-state index in [1.54, 1.807) is 0 Å². The highest BCUT2D eigenvalue weighted by atomic mass is 16.6. The number of aryl methyl sites for hydroxylation is 1. The Morgan fingerprint density at radius 2 is 1.77 bits per heavy atom. The maximum Gasteiger partial charge on any atom is 0.269 e. The maximum atomic E-state index is 13.4. The van der Waals surface area contributed by atoms with Gasteiger partial charge < -0.3 is 10.2 Å². The van der Waals surface area contributed by atoms with E-state index in [0.29, 0.717) is 5.69 Å². The molecule has 4 rings (SSSR count). The summed E-state index contributed by atoms with van der Waals surface area (Å²) in [5.41, 5.74) is 3.55. The average Bonchev–Trinajstić information content (AvgIpc) is 2.89. The van der Waals surface area contributed by atoms with Gasteiger partial charge in [0.05, 0.1) is 11.0 Å². The summed E-state index contributed by atoms with van der Waals surface area (Å²) in [5.74, 6) is -0.669. The molecular weight excluding hydrogens is 382 g/mol. The zero-order valence-corrected chi connectivity index (χ0v) is 16.2. The number of rotatable bonds is 3. The maximum absolute atomic E-state index is 13.4. The second kappa shape index (κ2) is 7.79. The smallest absolute Gasteiger partial charge is 0.269 e. The largest absolute Gasteiger partial charge is 0.324 e. The number of benzene rings is 3. The number of nitrogens with zero attached hydrogens (tertiary/aromatic N) is 2. The normalized spacial score (nSPS) is 15.7. The molecule has 1 atom stereocenters. The molecular formula is C23H19N3O4. The number of carbonyl (C=O) groups excluding carboxylic acids is 2. The molecule has 0 radical (unpaired) electrons. The first kappa shape index (κ1) is 19.3. The SMILES string of the molecule is Cc1ccc2c(c1)[C@@H](c1ccccc1)N(C(=O)c1ccc([N+](=O)[O-])cc1)CC(=O)N2. The summed E-state index contributed by atoms with van der Waals surface area (Å²) in [4.78, 5) is 38.0. The lowest BCUT2D eigenvalue weighted by Crippen LogP contribution is -2.39. The average molecular weight is 401 g/mol. The summed E-state index contributed by atoms with van der Waals surface area (Å²) in [7, 11) is 0. The summed E-state index contributed by atoms with van der Waals surface area (Å²) < 4.78 is 0. The Morgan fingerprint density at radius 1 is 1.07 bits per heavy atom. The van der Waals surface area contributed by atoms with Gasteiger partial charge in [0, 0.05) is 28.9 Å². The Morgan fingerprint density at radius 3 is 2.43 bits per heavy atom. The Labute approximate surface area is 173 Å². The fourth-order valence-corrected chi connectivity index (χ4v) is 3.70. The van der Waals surface area contributed by atoms with Gasteiger partial charge in [-0.05, 0) is 30.7 Å². The van der Waals surface area contributed by atoms with Gasteiger partial charge in [-0.2, -0.15) is 0 Å². The van der Waals surface area contributed by atoms with Crippen LogP contribution in [0.25, 0.3) is 0 Å². The first-order chi connectivity index (χ1) is 14.4. The van der Waals surface area contributed by atoms with Crippen LogP contribution in [0.2, 0.25) is 0 Å². The number of nitrogens with one attached hydrogen (secondary N) is 1. The van der Waals surface area contributed by atoms with Crippen LogP contribution in [0, 0.1) is 17.0 Å². The van der Waals surface area contributed by atoms with Crippen LogP contribution in [-0.4, -0.2) is 28.2 Å². The van der Waals surface area contributed by atoms with Crippen molar-refractivity contribution in [1.29, 1.82) is 0 Å². The summed E-state index contributed by atoms with van der Waals surface area (Å²) in [6.07, 6.45) is 0. The lowest BCUT2D eigenvalue weighted by atomic mass is 9.94. The van der Waals surface area contributed by atoms with Crippen molar-refractivity contribution < 1.29 is 14.5 Å². The van der Waals surface area contributed by atoms with Crippen LogP contribution in [0.15, 0.2) is 72.8 Å². The Hall–Kier alpha value is -4.00. The minimum atomic E-state index is -0.514. The zero-order chi connectivity index (χ0) is 21.3. The van der Waals surface area contributed by atoms with Gasteiger partial charge in [-0.15, -0.1) is 0 Å². The molecule has 0 fully saturated rings. The fraction of sp³-hybridized carbons (Fsp3) is 0.130. The van der Waals surface area contributed by atoms with Gasteiger partial charge in [-0.1, -0.05) is 48.0 Å². The van der Waals surface area contributed by atoms with Crippen molar-refractivity contribution in [3.63, 3.8) is 0 Å². The molecule has 3 aromatic carbocycles. The third-order valence-electron chi connectivity index (χ3n) is 5.10. The van der Waals surface area contributed by atoms with Crippen molar-refractivity contribution in [1.82, 2.24) is 4.90 Å². The molecule has 0 spiro atoms. The summed E-state index contributed by atoms with van der Waals surface area (Å²) in [5, 5.41) is 13.8. The Balaban J connectivity index is 1.84. The number of nitro groups is 1. The molecule has 0 aliphatic carbocycles. The Bertz CT molecular complexity index is 1130. The van der Waals surface area contributed by atoms with Crippen LogP contribution in [0.5, 0.6) is 0 Å². The molecule has 7 heteroatoms. The van der Waals surface area contributed by atoms with Crippen molar-refractivity contribution in [3.8, 4) is 0 Å². The van der Waals surface area contributed by atoms with Crippen LogP contribution in [-0.2, 0) is 4.79 Å². The first-order valence-corrected chi connectivity index (χ1v) is 9.45. The molecule has 0 aromatic heterocycles. The molecule has 1 heterocycles. The second-order valence-corrected chi connectivity index (χ2v) is 7.19. The standard InChI is InChI=1S/C23H19N3O4/c1-15-7-12-20-19(13-15)22(16-5-3-2-4-6-16)25(14-21(27)24-20)23(28)17-8-10-18(11-9-17)26(29)30/h2-13,22H,14H2,1H3,(H,24,27)/t22-/m1/s1. The number of fused-ring (bicyclic) bond motifs is 1. The molecule has 7 nitrogen and oxygen atoms in total. The minimum Gasteiger partial charge on any atom is -0.324 e. The number of hydrogen-bond donors (Lipinski definition) is 1. The fourth-order valence-electron chi connectivity index (χ4n) is 3.70. The molecule has 150 valence electrons. The summed E-state index contributed by atoms with van der Waals surface area (Å²) in [6.45, 7) is 1.82. The molecule has 3 aromatic rings. The van der Waals surface area contributed by atoms with Crippen LogP contribution in [0.1, 0.15) is 33.1 Å². The summed E-state index contributed by atoms with van der Waals surface area (Å²) in [6, 6.07) is 20.2. The first-order valence-electron chi connectivity index (χ1n) is 9.45. The predicted octanol–water partition coefficient (Wildman–Crippen LogP) is 4.09. The van der Waals surface area contributed by atoms with Gasteiger partial charge in [-0.25, -0.2) is 0 Å². The van der Waals surface area contributed by atoms with E-state index in [4.69, 9.17) is 0 Å². The molecule has 0 bridgehead atoms. The zero-order valence-electron chi connectivity index (χ0n) is 16.2. The number of hydrogen-bond acceptors (Lipinski definition) is 4. The predicted molar refractivity (Wildman–Crippen MR) is 112 cm³/mol. The van der Waals surface area contributed by atoms with Gasteiger partial charge in [0.15, 0.2) is 0 Å². The number of nitro benzene ring substituents is 1. The van der Waals surface area contributed by atoms with Gasteiger partial charge >= 0.3 is 0 Å². The van der Waals surface area contributed by atoms with E-state index in [2.05, 4.69) is 5.32 Å². The third-order valence-corrected chi connectivity index (χ3v) is 5.10. The van der Waals surface area contributed by atoms with Gasteiger partial charge in [0.25, 0.3) is 11.6 Å². The lowest BCUT2D eigenvalue weighted by molar-refractivity contribution is -0.384. The van der Waals surface area contributed by atoms with Crippen LogP contribution < -0.4 is 5.32 Å². The van der Waals surface area contributed by atoms with Crippen molar-refractivity contribution in [2.75, 3.05) is 11.9 Å². The Kier molecular flexibility index (Phi) is 5.02. The van der Waals surface area contributed by atoms with Crippen LogP contribution in [0.3, 0.4) is 0 Å². The molecule has 1 aliphatic rings. The lowest BCUT2D eigenvalue weighted by Gasteiger charge is -2.30. The molecule has 1 aliphatic heterocycles. The van der Waals surface area contributed by atoms with Crippen molar-refractivity contribution in [2.24, 2.45) is 0 Å². The third kappa shape index (κ3) is 3.65. The summed E-state index contributed by atoms with van der Waals surface area (Å²) >= 11 is 0. The van der Waals surface area contributed by atoms with E-state index in [9.17, 15) is 19.7 Å². The van der Waals surface area contributed by atoms with Gasteiger partial charge in [0.1, 0.15) is 6.54 Å². The highest BCUT2D eigenvalue weighted by molar-refractivity contribution is 6.01. The molecule has 1 N–H and O–H groups in total. The molecule has 0 unspecified atom stereocenters. The van der Waals surface area contributed by atoms with Crippen molar-refractivity contribution in [3.05, 3.63) is 105 Å². The molecule has 0 saturated heterocycles. The molecule has 2 amide bonds. The highest BCUT2D eigenvalue weighted by Crippen LogP contribution is 2.37. The second-order valence-electron chi connectivity index (χ2n) is 7.19. The quantitative estimate of drug-likeness (QED) is 0.528. The van der Waals surface area contributed by atoms with E-state index in [-0.39, 0.29) is 29.6 Å². The number of anilines is 1. The van der Waals surface area contributed by atoms with E-state index in [1.165, 1.54) is 29.2 Å². The number of amides is 2. The van der Waals surface area contributed by atoms with Crippen LogP contribution >= 0.6 is 0 Å². The van der Waals surface area contributed by atoms with E-state index < -0.39 is 11.0 Å². The van der Waals surface area contributed by atoms with E-state index in [1.807, 2.05) is 55.5 Å². The molecule has 0 saturated carbocycles. The van der Waals surface area contributed by atoms with Crippen molar-refractivity contribution >= 4 is 23.2 Å². The van der Waals surface area contributed by atoms with Crippen molar-refractivity contribution in [2.45, 2.75) is 13.0 Å². The monoisotopic (exact) mass is 401 g/mol.